The number of hydrogen-bond acceptors (Lipinski definition) is 5. The Labute approximate surface area is 222 Å². The molecular formula is C22H21F4N4NaO3S. The third kappa shape index (κ3) is 4.45. The normalized spacial score (nSPS) is 21.1. The fourth-order valence-corrected chi connectivity index (χ4v) is 5.52. The smallest absolute Gasteiger partial charge is 1.00 e. The first-order valence-corrected chi connectivity index (χ1v) is 12.1. The number of pyridine rings is 1. The number of nitrogens with zero attached hydrogens (tertiary/aromatic N) is 3. The van der Waals surface area contributed by atoms with Crippen LogP contribution >= 0.6 is 0 Å². The maximum Gasteiger partial charge on any atom is 1.00 e. The van der Waals surface area contributed by atoms with Crippen molar-refractivity contribution < 1.29 is 61.8 Å². The van der Waals surface area contributed by atoms with E-state index >= 15 is 4.39 Å². The molecule has 182 valence electrons. The Morgan fingerprint density at radius 3 is 2.63 bits per heavy atom. The van der Waals surface area contributed by atoms with Gasteiger partial charge in [-0.3, -0.25) is 4.79 Å². The van der Waals surface area contributed by atoms with Crippen LogP contribution in [0.3, 0.4) is 0 Å². The summed E-state index contributed by atoms with van der Waals surface area (Å²) < 4.78 is 85.2. The molecule has 7 nitrogen and oxygen atoms in total. The molecule has 1 amide bonds. The average molecular weight is 520 g/mol. The first-order chi connectivity index (χ1) is 16.0. The number of fused-ring (bicyclic) bond motifs is 1. The van der Waals surface area contributed by atoms with Crippen LogP contribution in [0.25, 0.3) is 5.52 Å². The molecule has 2 atom stereocenters. The number of hydrogen-bond donors (Lipinski definition) is 1. The fraction of sp³-hybridized carbons (Fsp3) is 0.364. The van der Waals surface area contributed by atoms with Crippen LogP contribution < -0.4 is 39.2 Å². The number of amides is 1. The van der Waals surface area contributed by atoms with Gasteiger partial charge in [0.05, 0.1) is 28.2 Å². The van der Waals surface area contributed by atoms with Crippen molar-refractivity contribution in [3.05, 3.63) is 65.2 Å². The number of sulfonamides is 1. The molecule has 5 rings (SSSR count). The quantitative estimate of drug-likeness (QED) is 0.397. The molecule has 2 fully saturated rings. The summed E-state index contributed by atoms with van der Waals surface area (Å²) >= 11 is 0. The van der Waals surface area contributed by atoms with Gasteiger partial charge in [-0.1, -0.05) is 0 Å². The summed E-state index contributed by atoms with van der Waals surface area (Å²) in [7, 11) is -3.98. The number of anilines is 1. The topological polar surface area (TPSA) is 83.8 Å². The number of aromatic nitrogens is 2. The second-order valence-corrected chi connectivity index (χ2v) is 11.1. The minimum absolute atomic E-state index is 0. The second-order valence-electron chi connectivity index (χ2n) is 8.92. The van der Waals surface area contributed by atoms with Gasteiger partial charge in [-0.2, -0.15) is 5.10 Å². The number of alkyl halides is 1. The summed E-state index contributed by atoms with van der Waals surface area (Å²) in [5, 5.41) is 3.91. The molecule has 3 heterocycles. The van der Waals surface area contributed by atoms with E-state index < -0.39 is 50.3 Å². The Bertz CT molecular complexity index is 1430. The summed E-state index contributed by atoms with van der Waals surface area (Å²) in [6.45, 7) is 1.22. The summed E-state index contributed by atoms with van der Waals surface area (Å²) in [5.41, 5.74) is -0.897. The Morgan fingerprint density at radius 2 is 1.94 bits per heavy atom. The number of rotatable bonds is 5. The van der Waals surface area contributed by atoms with Crippen molar-refractivity contribution in [2.45, 2.75) is 43.1 Å². The zero-order valence-corrected chi connectivity index (χ0v) is 21.8. The number of benzene rings is 1. The van der Waals surface area contributed by atoms with Gasteiger partial charge in [-0.15, -0.1) is 0 Å². The maximum absolute atomic E-state index is 15.7. The standard InChI is InChI=1S/C22H20F4N4O3S.Na.H/c1-22(5-6-22)34(32,33)28-21(31)15-10-27-30-7-4-17(19(26)20(15)30)29-11-13(24)9-18(29)14-8-12(23)2-3-16(14)25;;/h2-4,7-8,10,13,18H,5-6,9,11H2,1H3,(H,28,31);;/q;+1;-1/t13-,18+;;/m0../s1. The molecule has 3 aromatic rings. The molecule has 35 heavy (non-hydrogen) atoms. The molecule has 1 aliphatic carbocycles. The van der Waals surface area contributed by atoms with Crippen LogP contribution in [0.2, 0.25) is 0 Å². The minimum Gasteiger partial charge on any atom is -1.00 e. The van der Waals surface area contributed by atoms with E-state index in [-0.39, 0.29) is 66.3 Å². The number of carbonyl (C=O) groups is 1. The van der Waals surface area contributed by atoms with Gasteiger partial charge in [-0.25, -0.2) is 35.2 Å². The fourth-order valence-electron chi connectivity index (χ4n) is 4.28. The third-order valence-corrected chi connectivity index (χ3v) is 8.71. The van der Waals surface area contributed by atoms with E-state index in [1.807, 2.05) is 4.72 Å². The minimum atomic E-state index is -3.98. The molecule has 2 aliphatic rings. The van der Waals surface area contributed by atoms with Gasteiger partial charge in [-0.05, 0) is 44.0 Å². The van der Waals surface area contributed by atoms with E-state index in [0.29, 0.717) is 12.8 Å². The number of carbonyl (C=O) groups excluding carboxylic acids is 1. The third-order valence-electron chi connectivity index (χ3n) is 6.55. The van der Waals surface area contributed by atoms with Gasteiger partial charge in [0.1, 0.15) is 23.3 Å². The van der Waals surface area contributed by atoms with E-state index in [9.17, 15) is 26.4 Å². The van der Waals surface area contributed by atoms with Gasteiger partial charge in [0.25, 0.3) is 5.91 Å². The molecule has 0 unspecified atom stereocenters. The average Bonchev–Trinajstić information content (AvgIpc) is 3.22. The van der Waals surface area contributed by atoms with Crippen molar-refractivity contribution in [2.24, 2.45) is 0 Å². The summed E-state index contributed by atoms with van der Waals surface area (Å²) in [6.07, 6.45) is 1.55. The van der Waals surface area contributed by atoms with Crippen LogP contribution in [0.15, 0.2) is 36.7 Å². The molecule has 1 saturated carbocycles. The van der Waals surface area contributed by atoms with Crippen molar-refractivity contribution in [2.75, 3.05) is 11.4 Å². The predicted molar refractivity (Wildman–Crippen MR) is 116 cm³/mol. The van der Waals surface area contributed by atoms with Crippen molar-refractivity contribution in [3.63, 3.8) is 0 Å². The summed E-state index contributed by atoms with van der Waals surface area (Å²) in [6, 6.07) is 3.11. The molecule has 1 aromatic carbocycles. The van der Waals surface area contributed by atoms with E-state index in [4.69, 9.17) is 0 Å². The van der Waals surface area contributed by atoms with Crippen LogP contribution in [-0.4, -0.2) is 41.4 Å². The van der Waals surface area contributed by atoms with E-state index in [0.717, 1.165) is 28.9 Å². The van der Waals surface area contributed by atoms with Crippen LogP contribution in [0, 0.1) is 17.5 Å². The van der Waals surface area contributed by atoms with Crippen LogP contribution in [0.1, 0.15) is 49.6 Å². The van der Waals surface area contributed by atoms with Gasteiger partial charge in [0.2, 0.25) is 10.0 Å². The first-order valence-electron chi connectivity index (χ1n) is 10.6. The Kier molecular flexibility index (Phi) is 6.71. The molecule has 13 heteroatoms. The predicted octanol–water partition coefficient (Wildman–Crippen LogP) is 0.770. The maximum atomic E-state index is 15.7. The monoisotopic (exact) mass is 520 g/mol. The molecule has 0 bridgehead atoms. The largest absolute Gasteiger partial charge is 1.00 e. The molecule has 1 saturated heterocycles. The number of halogens is 4. The van der Waals surface area contributed by atoms with Gasteiger partial charge in [0.15, 0.2) is 5.82 Å². The SMILES string of the molecule is CC1(S(=O)(=O)NC(=O)c2cnn3ccc(N4C[C@@H](F)C[C@@H]4c4cc(F)ccc4F)c(F)c23)CC1.[H-].[Na+]. The van der Waals surface area contributed by atoms with Crippen molar-refractivity contribution >= 4 is 27.1 Å². The molecule has 1 N–H and O–H groups in total. The number of nitrogens with one attached hydrogen (secondary N) is 1. The molecule has 0 spiro atoms. The molecular weight excluding hydrogens is 499 g/mol. The Morgan fingerprint density at radius 1 is 1.23 bits per heavy atom. The second kappa shape index (κ2) is 9.06. The van der Waals surface area contributed by atoms with E-state index in [1.165, 1.54) is 24.1 Å². The zero-order valence-electron chi connectivity index (χ0n) is 19.9. The van der Waals surface area contributed by atoms with Crippen molar-refractivity contribution in [3.8, 4) is 0 Å². The van der Waals surface area contributed by atoms with E-state index in [1.54, 1.807) is 0 Å². The van der Waals surface area contributed by atoms with Gasteiger partial charge in [0, 0.05) is 24.7 Å². The molecule has 1 aliphatic heterocycles. The summed E-state index contributed by atoms with van der Waals surface area (Å²) in [4.78, 5) is 14.0. The van der Waals surface area contributed by atoms with Crippen LogP contribution in [0.4, 0.5) is 23.2 Å². The molecule has 2 aromatic heterocycles. The van der Waals surface area contributed by atoms with Crippen molar-refractivity contribution in [1.82, 2.24) is 14.3 Å². The first kappa shape index (κ1) is 25.9. The van der Waals surface area contributed by atoms with Crippen LogP contribution in [-0.2, 0) is 10.0 Å². The van der Waals surface area contributed by atoms with E-state index in [2.05, 4.69) is 5.10 Å². The Balaban J connectivity index is 0.00000180. The van der Waals surface area contributed by atoms with Crippen LogP contribution in [0.5, 0.6) is 0 Å². The zero-order chi connectivity index (χ0) is 24.4. The summed E-state index contributed by atoms with van der Waals surface area (Å²) in [5.74, 6) is -3.47. The van der Waals surface area contributed by atoms with Gasteiger partial charge < -0.3 is 6.33 Å². The van der Waals surface area contributed by atoms with Crippen molar-refractivity contribution in [1.29, 1.82) is 0 Å². The Hall–Kier alpha value is -2.15. The molecule has 0 radical (unpaired) electrons. The van der Waals surface area contributed by atoms with Gasteiger partial charge >= 0.3 is 29.6 Å².